The molecule has 7 heteroatoms. The number of aromatic nitrogens is 1. The molecule has 1 aromatic rings. The minimum absolute atomic E-state index is 0.0550. The normalized spacial score (nSPS) is 21.4. The third-order valence-corrected chi connectivity index (χ3v) is 4.98. The first-order valence-corrected chi connectivity index (χ1v) is 9.73. The van der Waals surface area contributed by atoms with Crippen LogP contribution in [0.15, 0.2) is 24.5 Å². The van der Waals surface area contributed by atoms with Gasteiger partial charge in [0.05, 0.1) is 0 Å². The zero-order valence-electron chi connectivity index (χ0n) is 16.6. The Hall–Kier alpha value is -2.15. The highest BCUT2D eigenvalue weighted by atomic mass is 16.6. The molecule has 3 rings (SSSR count). The largest absolute Gasteiger partial charge is 0.444 e. The van der Waals surface area contributed by atoms with Gasteiger partial charge in [-0.2, -0.15) is 0 Å². The summed E-state index contributed by atoms with van der Waals surface area (Å²) < 4.78 is 5.47. The van der Waals surface area contributed by atoms with Crippen molar-refractivity contribution in [1.82, 2.24) is 19.7 Å². The van der Waals surface area contributed by atoms with Crippen LogP contribution in [0, 0.1) is 0 Å². The number of pyridine rings is 1. The van der Waals surface area contributed by atoms with E-state index in [4.69, 9.17) is 4.74 Å². The minimum Gasteiger partial charge on any atom is -0.444 e. The smallest absolute Gasteiger partial charge is 0.410 e. The molecule has 1 atom stereocenters. The molecular weight excluding hydrogens is 344 g/mol. The maximum atomic E-state index is 13.0. The van der Waals surface area contributed by atoms with Crippen molar-refractivity contribution in [2.24, 2.45) is 0 Å². The van der Waals surface area contributed by atoms with Crippen molar-refractivity contribution in [2.75, 3.05) is 32.7 Å². The van der Waals surface area contributed by atoms with E-state index < -0.39 is 5.60 Å². The molecule has 0 spiro atoms. The van der Waals surface area contributed by atoms with Crippen LogP contribution in [0.1, 0.15) is 39.2 Å². The van der Waals surface area contributed by atoms with Gasteiger partial charge in [-0.25, -0.2) is 4.79 Å². The minimum atomic E-state index is -0.550. The zero-order valence-corrected chi connectivity index (χ0v) is 16.6. The third-order valence-electron chi connectivity index (χ3n) is 4.98. The predicted molar refractivity (Wildman–Crippen MR) is 102 cm³/mol. The summed E-state index contributed by atoms with van der Waals surface area (Å²) in [6.45, 7) is 10.0. The van der Waals surface area contributed by atoms with Crippen LogP contribution in [0.5, 0.6) is 0 Å². The number of ether oxygens (including phenoxy) is 1. The van der Waals surface area contributed by atoms with E-state index in [1.165, 1.54) is 5.56 Å². The first-order chi connectivity index (χ1) is 12.8. The van der Waals surface area contributed by atoms with Crippen molar-refractivity contribution in [2.45, 2.75) is 51.8 Å². The lowest BCUT2D eigenvalue weighted by Gasteiger charge is -2.37. The summed E-state index contributed by atoms with van der Waals surface area (Å²) in [5.41, 5.74) is 0.634. The van der Waals surface area contributed by atoms with Crippen LogP contribution < -0.4 is 0 Å². The number of piperazine rings is 1. The Balaban J connectivity index is 1.53. The van der Waals surface area contributed by atoms with E-state index in [1.807, 2.05) is 37.9 Å². The molecule has 7 nitrogen and oxygen atoms in total. The standard InChI is InChI=1S/C20H30N4O3/c1-20(2,3)27-19(26)24-9-5-7-17(24)18(25)23-12-10-22(11-13-23)15-16-6-4-8-21-14-16/h4,6,8,14,17H,5,7,9-13,15H2,1-3H3. The SMILES string of the molecule is CC(C)(C)OC(=O)N1CCCC1C(=O)N1CCN(Cc2cccnc2)CC1. The highest BCUT2D eigenvalue weighted by Gasteiger charge is 2.39. The molecule has 0 saturated carbocycles. The fraction of sp³-hybridized carbons (Fsp3) is 0.650. The lowest BCUT2D eigenvalue weighted by Crippen LogP contribution is -2.54. The molecule has 2 aliphatic rings. The molecule has 1 unspecified atom stereocenters. The fourth-order valence-corrected chi connectivity index (χ4v) is 3.65. The van der Waals surface area contributed by atoms with Gasteiger partial charge in [-0.3, -0.25) is 19.6 Å². The quantitative estimate of drug-likeness (QED) is 0.811. The van der Waals surface area contributed by atoms with Crippen molar-refractivity contribution in [1.29, 1.82) is 0 Å². The van der Waals surface area contributed by atoms with Crippen molar-refractivity contribution in [3.8, 4) is 0 Å². The monoisotopic (exact) mass is 374 g/mol. The van der Waals surface area contributed by atoms with Gasteiger partial charge in [-0.15, -0.1) is 0 Å². The molecule has 2 fully saturated rings. The molecule has 0 aliphatic carbocycles. The van der Waals surface area contributed by atoms with Gasteiger partial charge < -0.3 is 9.64 Å². The van der Waals surface area contributed by atoms with Gasteiger partial charge in [-0.1, -0.05) is 6.07 Å². The molecule has 0 bridgehead atoms. The summed E-state index contributed by atoms with van der Waals surface area (Å²) in [4.78, 5) is 35.4. The molecular formula is C20H30N4O3. The number of hydrogen-bond donors (Lipinski definition) is 0. The van der Waals surface area contributed by atoms with Crippen molar-refractivity contribution in [3.63, 3.8) is 0 Å². The second kappa shape index (κ2) is 8.25. The number of amides is 2. The van der Waals surface area contributed by atoms with Crippen LogP contribution in [0.25, 0.3) is 0 Å². The summed E-state index contributed by atoms with van der Waals surface area (Å²) in [6.07, 6.45) is 4.84. The highest BCUT2D eigenvalue weighted by molar-refractivity contribution is 5.86. The Labute approximate surface area is 161 Å². The molecule has 148 valence electrons. The second-order valence-electron chi connectivity index (χ2n) is 8.29. The molecule has 0 radical (unpaired) electrons. The molecule has 3 heterocycles. The summed E-state index contributed by atoms with van der Waals surface area (Å²) >= 11 is 0. The first kappa shape index (κ1) is 19.6. The maximum absolute atomic E-state index is 13.0. The number of carbonyl (C=O) groups excluding carboxylic acids is 2. The van der Waals surface area contributed by atoms with Gasteiger partial charge in [0.25, 0.3) is 0 Å². The number of rotatable bonds is 3. The molecule has 2 saturated heterocycles. The van der Waals surface area contributed by atoms with E-state index >= 15 is 0 Å². The van der Waals surface area contributed by atoms with Crippen molar-refractivity contribution >= 4 is 12.0 Å². The van der Waals surface area contributed by atoms with Crippen LogP contribution in [0.2, 0.25) is 0 Å². The molecule has 1 aromatic heterocycles. The van der Waals surface area contributed by atoms with E-state index in [2.05, 4.69) is 16.0 Å². The van der Waals surface area contributed by atoms with Crippen LogP contribution in [0.4, 0.5) is 4.79 Å². The third kappa shape index (κ3) is 5.19. The van der Waals surface area contributed by atoms with Gasteiger partial charge in [0.15, 0.2) is 0 Å². The Kier molecular flexibility index (Phi) is 5.99. The number of likely N-dealkylation sites (tertiary alicyclic amines) is 1. The maximum Gasteiger partial charge on any atom is 0.410 e. The van der Waals surface area contributed by atoms with Gasteiger partial charge in [0, 0.05) is 51.7 Å². The number of carbonyl (C=O) groups is 2. The van der Waals surface area contributed by atoms with Gasteiger partial charge in [0.2, 0.25) is 5.91 Å². The van der Waals surface area contributed by atoms with Crippen molar-refractivity contribution in [3.05, 3.63) is 30.1 Å². The average Bonchev–Trinajstić information content (AvgIpc) is 3.11. The molecule has 2 aliphatic heterocycles. The second-order valence-corrected chi connectivity index (χ2v) is 8.29. The lowest BCUT2D eigenvalue weighted by atomic mass is 10.1. The summed E-state index contributed by atoms with van der Waals surface area (Å²) in [7, 11) is 0. The zero-order chi connectivity index (χ0) is 19.4. The number of hydrogen-bond acceptors (Lipinski definition) is 5. The van der Waals surface area contributed by atoms with Gasteiger partial charge in [0.1, 0.15) is 11.6 Å². The van der Waals surface area contributed by atoms with Crippen LogP contribution in [-0.2, 0) is 16.1 Å². The molecule has 2 amide bonds. The average molecular weight is 374 g/mol. The number of nitrogens with zero attached hydrogens (tertiary/aromatic N) is 4. The van der Waals surface area contributed by atoms with Gasteiger partial charge >= 0.3 is 6.09 Å². The Morgan fingerprint density at radius 1 is 1.19 bits per heavy atom. The Morgan fingerprint density at radius 3 is 2.56 bits per heavy atom. The van der Waals surface area contributed by atoms with E-state index in [0.717, 1.165) is 26.1 Å². The van der Waals surface area contributed by atoms with Crippen molar-refractivity contribution < 1.29 is 14.3 Å². The summed E-state index contributed by atoms with van der Waals surface area (Å²) in [5, 5.41) is 0. The van der Waals surface area contributed by atoms with Gasteiger partial charge in [-0.05, 0) is 45.2 Å². The molecule has 27 heavy (non-hydrogen) atoms. The first-order valence-electron chi connectivity index (χ1n) is 9.73. The van der Waals surface area contributed by atoms with Crippen LogP contribution in [0.3, 0.4) is 0 Å². The predicted octanol–water partition coefficient (Wildman–Crippen LogP) is 2.13. The Morgan fingerprint density at radius 2 is 1.93 bits per heavy atom. The summed E-state index contributed by atoms with van der Waals surface area (Å²) in [6, 6.07) is 3.63. The highest BCUT2D eigenvalue weighted by Crippen LogP contribution is 2.23. The van der Waals surface area contributed by atoms with Crippen LogP contribution in [-0.4, -0.2) is 76.1 Å². The molecule has 0 N–H and O–H groups in total. The van der Waals surface area contributed by atoms with E-state index in [-0.39, 0.29) is 18.0 Å². The molecule has 0 aromatic carbocycles. The van der Waals surface area contributed by atoms with E-state index in [9.17, 15) is 9.59 Å². The topological polar surface area (TPSA) is 66.0 Å². The van der Waals surface area contributed by atoms with E-state index in [0.29, 0.717) is 26.1 Å². The summed E-state index contributed by atoms with van der Waals surface area (Å²) in [5.74, 6) is 0.0550. The Bertz CT molecular complexity index is 651. The van der Waals surface area contributed by atoms with E-state index in [1.54, 1.807) is 11.1 Å². The van der Waals surface area contributed by atoms with Crippen LogP contribution >= 0.6 is 0 Å². The lowest BCUT2D eigenvalue weighted by molar-refractivity contribution is -0.137. The fourth-order valence-electron chi connectivity index (χ4n) is 3.65.